The number of rotatable bonds is 7. The molecule has 4 rings (SSSR count). The van der Waals surface area contributed by atoms with Crippen LogP contribution in [0.4, 0.5) is 10.1 Å². The largest absolute Gasteiger partial charge is 0.387 e. The van der Waals surface area contributed by atoms with Gasteiger partial charge in [-0.3, -0.25) is 9.78 Å². The predicted molar refractivity (Wildman–Crippen MR) is 124 cm³/mol. The Morgan fingerprint density at radius 3 is 2.82 bits per heavy atom. The second kappa shape index (κ2) is 9.75. The topological polar surface area (TPSA) is 125 Å². The number of amides is 1. The molecule has 10 heteroatoms. The molecular formula is C24H27FN6O3. The molecule has 1 unspecified atom stereocenters. The molecule has 9 nitrogen and oxygen atoms in total. The van der Waals surface area contributed by atoms with E-state index >= 15 is 0 Å². The number of alkyl halides is 1. The Balaban J connectivity index is 1.65. The summed E-state index contributed by atoms with van der Waals surface area (Å²) in [4.78, 5) is 17.4. The van der Waals surface area contributed by atoms with Gasteiger partial charge in [-0.15, -0.1) is 0 Å². The Morgan fingerprint density at radius 2 is 2.12 bits per heavy atom. The fourth-order valence-electron chi connectivity index (χ4n) is 3.74. The van der Waals surface area contributed by atoms with E-state index in [0.29, 0.717) is 35.9 Å². The van der Waals surface area contributed by atoms with Crippen LogP contribution in [-0.4, -0.2) is 63.2 Å². The van der Waals surface area contributed by atoms with Crippen molar-refractivity contribution in [1.82, 2.24) is 19.9 Å². The van der Waals surface area contributed by atoms with Crippen molar-refractivity contribution >= 4 is 17.1 Å². The number of ether oxygens (including phenoxy) is 1. The maximum atomic E-state index is 14.2. The van der Waals surface area contributed by atoms with E-state index in [1.165, 1.54) is 26.2 Å². The Hall–Kier alpha value is -3.55. The van der Waals surface area contributed by atoms with E-state index in [4.69, 9.17) is 10.00 Å². The molecule has 34 heavy (non-hydrogen) atoms. The lowest BCUT2D eigenvalue weighted by molar-refractivity contribution is -0.00177. The summed E-state index contributed by atoms with van der Waals surface area (Å²) in [7, 11) is 0. The van der Waals surface area contributed by atoms with Gasteiger partial charge in [0, 0.05) is 25.5 Å². The SMILES string of the molecule is CC(C)(O)C(F)CNC(=O)c1cnc(-c2ccc3cc(C#N)cnn23)cc1NC1CCOCC1. The van der Waals surface area contributed by atoms with Gasteiger partial charge in [0.2, 0.25) is 0 Å². The summed E-state index contributed by atoms with van der Waals surface area (Å²) in [6.07, 6.45) is 2.89. The Labute approximate surface area is 196 Å². The number of anilines is 1. The molecule has 4 heterocycles. The van der Waals surface area contributed by atoms with Gasteiger partial charge in [0.15, 0.2) is 0 Å². The van der Waals surface area contributed by atoms with Gasteiger partial charge in [-0.1, -0.05) is 0 Å². The minimum Gasteiger partial charge on any atom is -0.387 e. The zero-order chi connectivity index (χ0) is 24.3. The smallest absolute Gasteiger partial charge is 0.255 e. The molecule has 1 aliphatic heterocycles. The monoisotopic (exact) mass is 466 g/mol. The van der Waals surface area contributed by atoms with E-state index in [1.54, 1.807) is 16.6 Å². The maximum Gasteiger partial charge on any atom is 0.255 e. The van der Waals surface area contributed by atoms with E-state index in [1.807, 2.05) is 12.1 Å². The number of hydrogen-bond acceptors (Lipinski definition) is 7. The average molecular weight is 467 g/mol. The number of halogens is 1. The third-order valence-corrected chi connectivity index (χ3v) is 5.83. The summed E-state index contributed by atoms with van der Waals surface area (Å²) >= 11 is 0. The second-order valence-electron chi connectivity index (χ2n) is 8.89. The molecule has 0 radical (unpaired) electrons. The van der Waals surface area contributed by atoms with E-state index in [2.05, 4.69) is 26.8 Å². The Kier molecular flexibility index (Phi) is 6.77. The van der Waals surface area contributed by atoms with Crippen LogP contribution < -0.4 is 10.6 Å². The summed E-state index contributed by atoms with van der Waals surface area (Å²) in [6, 6.07) is 9.38. The molecule has 1 saturated heterocycles. The zero-order valence-corrected chi connectivity index (χ0v) is 19.1. The quantitative estimate of drug-likeness (QED) is 0.489. The van der Waals surface area contributed by atoms with Crippen LogP contribution in [0.2, 0.25) is 0 Å². The summed E-state index contributed by atoms with van der Waals surface area (Å²) in [5.41, 5.74) is 1.77. The molecule has 0 aliphatic carbocycles. The van der Waals surface area contributed by atoms with E-state index in [0.717, 1.165) is 18.4 Å². The first kappa shape index (κ1) is 23.6. The van der Waals surface area contributed by atoms with Gasteiger partial charge in [-0.2, -0.15) is 10.4 Å². The van der Waals surface area contributed by atoms with Gasteiger partial charge in [-0.25, -0.2) is 8.91 Å². The zero-order valence-electron chi connectivity index (χ0n) is 19.1. The molecule has 1 amide bonds. The predicted octanol–water partition coefficient (Wildman–Crippen LogP) is 2.70. The van der Waals surface area contributed by atoms with Crippen LogP contribution in [0.25, 0.3) is 16.9 Å². The highest BCUT2D eigenvalue weighted by Crippen LogP contribution is 2.27. The van der Waals surface area contributed by atoms with Gasteiger partial charge < -0.3 is 20.5 Å². The molecular weight excluding hydrogens is 439 g/mol. The van der Waals surface area contributed by atoms with Crippen LogP contribution in [0, 0.1) is 11.3 Å². The van der Waals surface area contributed by atoms with Crippen LogP contribution in [-0.2, 0) is 4.74 Å². The van der Waals surface area contributed by atoms with E-state index in [9.17, 15) is 14.3 Å². The van der Waals surface area contributed by atoms with E-state index < -0.39 is 17.7 Å². The van der Waals surface area contributed by atoms with Crippen molar-refractivity contribution in [3.8, 4) is 17.5 Å². The van der Waals surface area contributed by atoms with Crippen molar-refractivity contribution < 1.29 is 19.0 Å². The standard InChI is InChI=1S/C24H27FN6O3/c1-24(2,33)22(25)14-28-23(32)18-13-27-20(10-19(18)30-16-5-7-34-8-6-16)21-4-3-17-9-15(11-26)12-29-31(17)21/h3-4,9-10,12-13,16,22,33H,5-8,14H2,1-2H3,(H,27,30)(H,28,32). The first-order valence-electron chi connectivity index (χ1n) is 11.1. The molecule has 1 atom stereocenters. The van der Waals surface area contributed by atoms with Crippen LogP contribution >= 0.6 is 0 Å². The lowest BCUT2D eigenvalue weighted by Crippen LogP contribution is -2.42. The third kappa shape index (κ3) is 5.16. The van der Waals surface area contributed by atoms with Crippen molar-refractivity contribution in [3.63, 3.8) is 0 Å². The minimum absolute atomic E-state index is 0.112. The van der Waals surface area contributed by atoms with Gasteiger partial charge in [0.05, 0.1) is 52.1 Å². The van der Waals surface area contributed by atoms with Crippen molar-refractivity contribution in [2.75, 3.05) is 25.1 Å². The minimum atomic E-state index is -1.62. The number of nitrogens with zero attached hydrogens (tertiary/aromatic N) is 4. The molecule has 1 fully saturated rings. The maximum absolute atomic E-state index is 14.2. The van der Waals surface area contributed by atoms with Crippen LogP contribution in [0.15, 0.2) is 36.7 Å². The number of fused-ring (bicyclic) bond motifs is 1. The molecule has 0 aromatic carbocycles. The van der Waals surface area contributed by atoms with Crippen molar-refractivity contribution in [2.45, 2.75) is 44.5 Å². The Morgan fingerprint density at radius 1 is 1.35 bits per heavy atom. The summed E-state index contributed by atoms with van der Waals surface area (Å²) in [5, 5.41) is 29.2. The van der Waals surface area contributed by atoms with Gasteiger partial charge in [0.25, 0.3) is 5.91 Å². The first-order valence-corrected chi connectivity index (χ1v) is 11.1. The lowest BCUT2D eigenvalue weighted by Gasteiger charge is -2.26. The van der Waals surface area contributed by atoms with Gasteiger partial charge in [0.1, 0.15) is 12.2 Å². The van der Waals surface area contributed by atoms with Crippen LogP contribution in [0.5, 0.6) is 0 Å². The summed E-state index contributed by atoms with van der Waals surface area (Å²) in [6.45, 7) is 3.64. The number of pyridine rings is 1. The lowest BCUT2D eigenvalue weighted by atomic mass is 10.0. The molecule has 3 aromatic heterocycles. The normalized spacial score (nSPS) is 15.6. The summed E-state index contributed by atoms with van der Waals surface area (Å²) in [5.74, 6) is -0.489. The van der Waals surface area contributed by atoms with Crippen LogP contribution in [0.3, 0.4) is 0 Å². The molecule has 0 spiro atoms. The Bertz CT molecular complexity index is 1220. The highest BCUT2D eigenvalue weighted by Gasteiger charge is 2.27. The number of carbonyl (C=O) groups excluding carboxylic acids is 1. The molecule has 3 aromatic rings. The van der Waals surface area contributed by atoms with Crippen molar-refractivity contribution in [2.24, 2.45) is 0 Å². The molecule has 3 N–H and O–H groups in total. The van der Waals surface area contributed by atoms with Gasteiger partial charge in [-0.05, 0) is 51.0 Å². The molecule has 1 aliphatic rings. The number of hydrogen-bond donors (Lipinski definition) is 3. The average Bonchev–Trinajstić information content (AvgIpc) is 3.25. The molecule has 0 saturated carbocycles. The third-order valence-electron chi connectivity index (χ3n) is 5.83. The second-order valence-corrected chi connectivity index (χ2v) is 8.89. The summed E-state index contributed by atoms with van der Waals surface area (Å²) < 4.78 is 21.3. The number of aliphatic hydroxyl groups is 1. The number of aromatic nitrogens is 3. The number of nitrogens with one attached hydrogen (secondary N) is 2. The fourth-order valence-corrected chi connectivity index (χ4v) is 3.74. The molecule has 0 bridgehead atoms. The van der Waals surface area contributed by atoms with Crippen molar-refractivity contribution in [3.05, 3.63) is 47.8 Å². The number of nitriles is 1. The highest BCUT2D eigenvalue weighted by molar-refractivity contribution is 6.00. The molecule has 178 valence electrons. The first-order chi connectivity index (χ1) is 16.3. The number of carbonyl (C=O) groups is 1. The van der Waals surface area contributed by atoms with E-state index in [-0.39, 0.29) is 18.2 Å². The highest BCUT2D eigenvalue weighted by atomic mass is 19.1. The van der Waals surface area contributed by atoms with Crippen molar-refractivity contribution in [1.29, 1.82) is 5.26 Å². The van der Waals surface area contributed by atoms with Gasteiger partial charge >= 0.3 is 0 Å². The van der Waals surface area contributed by atoms with Crippen LogP contribution in [0.1, 0.15) is 42.6 Å². The fraction of sp³-hybridized carbons (Fsp3) is 0.417.